The molecule has 2 amide bonds. The Morgan fingerprint density at radius 1 is 1.00 bits per heavy atom. The van der Waals surface area contributed by atoms with E-state index in [-0.39, 0.29) is 18.2 Å². The molecule has 25 heavy (non-hydrogen) atoms. The number of anilines is 2. The van der Waals surface area contributed by atoms with Crippen LogP contribution in [-0.2, 0) is 22.4 Å². The number of rotatable bonds is 8. The lowest BCUT2D eigenvalue weighted by atomic mass is 10.1. The predicted molar refractivity (Wildman–Crippen MR) is 103 cm³/mol. The minimum Gasteiger partial charge on any atom is -0.326 e. The van der Waals surface area contributed by atoms with E-state index in [4.69, 9.17) is 0 Å². The van der Waals surface area contributed by atoms with Gasteiger partial charge in [0.1, 0.15) is 0 Å². The lowest BCUT2D eigenvalue weighted by Crippen LogP contribution is -2.16. The normalized spacial score (nSPS) is 9.92. The Labute approximate surface area is 148 Å². The number of nitrogens with one attached hydrogen (secondary N) is 2. The molecule has 0 atom stereocenters. The third kappa shape index (κ3) is 5.77. The van der Waals surface area contributed by atoms with Crippen LogP contribution >= 0.6 is 0 Å². The maximum atomic E-state index is 12.4. The van der Waals surface area contributed by atoms with Crippen LogP contribution < -0.4 is 10.6 Å². The number of aryl methyl sites for hydroxylation is 1. The van der Waals surface area contributed by atoms with Gasteiger partial charge in [-0.1, -0.05) is 43.0 Å². The second-order valence-corrected chi connectivity index (χ2v) is 5.60. The summed E-state index contributed by atoms with van der Waals surface area (Å²) >= 11 is 0. The van der Waals surface area contributed by atoms with Crippen LogP contribution in [0.5, 0.6) is 0 Å². The molecule has 4 heteroatoms. The minimum atomic E-state index is -0.280. The van der Waals surface area contributed by atoms with E-state index in [1.54, 1.807) is 18.2 Å². The van der Waals surface area contributed by atoms with Gasteiger partial charge < -0.3 is 10.6 Å². The van der Waals surface area contributed by atoms with Crippen molar-refractivity contribution >= 4 is 23.2 Å². The minimum absolute atomic E-state index is 0.0988. The molecule has 0 spiro atoms. The average molecular weight is 334 g/mol. The summed E-state index contributed by atoms with van der Waals surface area (Å²) in [5.74, 6) is -0.379. The fraction of sp³-hybridized carbons (Fsp3) is 0.143. The van der Waals surface area contributed by atoms with Gasteiger partial charge in [0.15, 0.2) is 0 Å². The molecular weight excluding hydrogens is 312 g/mol. The maximum absolute atomic E-state index is 12.4. The Kier molecular flexibility index (Phi) is 6.72. The molecule has 2 rings (SSSR count). The molecule has 128 valence electrons. The molecule has 0 aliphatic rings. The second-order valence-electron chi connectivity index (χ2n) is 5.60. The molecule has 0 bridgehead atoms. The zero-order valence-corrected chi connectivity index (χ0v) is 14.1. The van der Waals surface area contributed by atoms with Gasteiger partial charge in [0.05, 0.1) is 6.42 Å². The SMILES string of the molecule is C=CCCc1ccccc1NC(=O)Cc1cccc(NC(=O)C=C)c1. The van der Waals surface area contributed by atoms with Crippen LogP contribution in [0.25, 0.3) is 0 Å². The van der Waals surface area contributed by atoms with Crippen molar-refractivity contribution in [1.29, 1.82) is 0 Å². The molecule has 0 aromatic heterocycles. The fourth-order valence-corrected chi connectivity index (χ4v) is 2.45. The van der Waals surface area contributed by atoms with Crippen LogP contribution in [0.3, 0.4) is 0 Å². The molecule has 0 fully saturated rings. The van der Waals surface area contributed by atoms with Crippen molar-refractivity contribution in [3.63, 3.8) is 0 Å². The van der Waals surface area contributed by atoms with E-state index in [0.29, 0.717) is 5.69 Å². The fourth-order valence-electron chi connectivity index (χ4n) is 2.45. The van der Waals surface area contributed by atoms with Crippen LogP contribution in [0.4, 0.5) is 11.4 Å². The highest BCUT2D eigenvalue weighted by atomic mass is 16.2. The summed E-state index contributed by atoms with van der Waals surface area (Å²) in [4.78, 5) is 23.7. The zero-order valence-electron chi connectivity index (χ0n) is 14.1. The van der Waals surface area contributed by atoms with E-state index in [9.17, 15) is 9.59 Å². The first-order valence-corrected chi connectivity index (χ1v) is 8.13. The van der Waals surface area contributed by atoms with Gasteiger partial charge in [0.2, 0.25) is 11.8 Å². The number of benzene rings is 2. The number of allylic oxidation sites excluding steroid dienone is 1. The largest absolute Gasteiger partial charge is 0.326 e. The van der Waals surface area contributed by atoms with Crippen molar-refractivity contribution in [2.45, 2.75) is 19.3 Å². The van der Waals surface area contributed by atoms with Gasteiger partial charge >= 0.3 is 0 Å². The Morgan fingerprint density at radius 2 is 1.80 bits per heavy atom. The summed E-state index contributed by atoms with van der Waals surface area (Å²) in [6.45, 7) is 7.16. The van der Waals surface area contributed by atoms with Crippen molar-refractivity contribution in [1.82, 2.24) is 0 Å². The molecule has 0 aliphatic carbocycles. The quantitative estimate of drug-likeness (QED) is 0.564. The van der Waals surface area contributed by atoms with Gasteiger partial charge in [-0.3, -0.25) is 9.59 Å². The van der Waals surface area contributed by atoms with Crippen LogP contribution in [0.2, 0.25) is 0 Å². The molecule has 0 heterocycles. The van der Waals surface area contributed by atoms with E-state index >= 15 is 0 Å². The molecule has 4 nitrogen and oxygen atoms in total. The average Bonchev–Trinajstić information content (AvgIpc) is 2.61. The molecule has 0 saturated heterocycles. The van der Waals surface area contributed by atoms with Crippen LogP contribution in [0, 0.1) is 0 Å². The number of para-hydroxylation sites is 1. The van der Waals surface area contributed by atoms with Crippen LogP contribution in [-0.4, -0.2) is 11.8 Å². The van der Waals surface area contributed by atoms with Gasteiger partial charge in [-0.05, 0) is 48.2 Å². The third-order valence-electron chi connectivity index (χ3n) is 3.65. The van der Waals surface area contributed by atoms with Gasteiger partial charge in [0.25, 0.3) is 0 Å². The first kappa shape index (κ1) is 18.2. The van der Waals surface area contributed by atoms with Crippen molar-refractivity contribution in [3.05, 3.63) is 85.0 Å². The van der Waals surface area contributed by atoms with Gasteiger partial charge in [-0.25, -0.2) is 0 Å². The summed E-state index contributed by atoms with van der Waals surface area (Å²) in [6, 6.07) is 15.0. The topological polar surface area (TPSA) is 58.2 Å². The standard InChI is InChI=1S/C21H22N2O2/c1-3-5-10-17-11-6-7-13-19(17)23-21(25)15-16-9-8-12-18(14-16)22-20(24)4-2/h3-4,6-9,11-14H,1-2,5,10,15H2,(H,22,24)(H,23,25). The molecule has 2 N–H and O–H groups in total. The lowest BCUT2D eigenvalue weighted by molar-refractivity contribution is -0.115. The van der Waals surface area contributed by atoms with Gasteiger partial charge in [-0.2, -0.15) is 0 Å². The smallest absolute Gasteiger partial charge is 0.247 e. The van der Waals surface area contributed by atoms with Crippen molar-refractivity contribution in [2.24, 2.45) is 0 Å². The van der Waals surface area contributed by atoms with Crippen LogP contribution in [0.15, 0.2) is 73.8 Å². The molecule has 0 saturated carbocycles. The number of hydrogen-bond acceptors (Lipinski definition) is 2. The van der Waals surface area contributed by atoms with Gasteiger partial charge in [-0.15, -0.1) is 6.58 Å². The second kappa shape index (κ2) is 9.23. The van der Waals surface area contributed by atoms with Crippen molar-refractivity contribution < 1.29 is 9.59 Å². The van der Waals surface area contributed by atoms with E-state index in [0.717, 1.165) is 29.7 Å². The van der Waals surface area contributed by atoms with E-state index < -0.39 is 0 Å². The Morgan fingerprint density at radius 3 is 2.56 bits per heavy atom. The summed E-state index contributed by atoms with van der Waals surface area (Å²) < 4.78 is 0. The summed E-state index contributed by atoms with van der Waals surface area (Å²) in [5, 5.41) is 5.65. The van der Waals surface area contributed by atoms with E-state index in [1.807, 2.05) is 36.4 Å². The molecule has 0 unspecified atom stereocenters. The lowest BCUT2D eigenvalue weighted by Gasteiger charge is -2.11. The first-order valence-electron chi connectivity index (χ1n) is 8.13. The van der Waals surface area contributed by atoms with E-state index in [1.165, 1.54) is 6.08 Å². The molecule has 2 aromatic carbocycles. The molecule has 0 radical (unpaired) electrons. The Bertz CT molecular complexity index is 781. The number of carbonyl (C=O) groups excluding carboxylic acids is 2. The van der Waals surface area contributed by atoms with Crippen molar-refractivity contribution in [2.75, 3.05) is 10.6 Å². The first-order chi connectivity index (χ1) is 12.1. The molecular formula is C21H22N2O2. The highest BCUT2D eigenvalue weighted by Gasteiger charge is 2.08. The number of hydrogen-bond donors (Lipinski definition) is 2. The Balaban J connectivity index is 2.03. The van der Waals surface area contributed by atoms with Gasteiger partial charge in [0, 0.05) is 11.4 Å². The summed E-state index contributed by atoms with van der Waals surface area (Å²) in [7, 11) is 0. The maximum Gasteiger partial charge on any atom is 0.247 e. The number of amides is 2. The predicted octanol–water partition coefficient (Wildman–Crippen LogP) is 4.11. The monoisotopic (exact) mass is 334 g/mol. The summed E-state index contributed by atoms with van der Waals surface area (Å²) in [6.07, 6.45) is 5.00. The highest BCUT2D eigenvalue weighted by Crippen LogP contribution is 2.18. The molecule has 2 aromatic rings. The zero-order chi connectivity index (χ0) is 18.1. The van der Waals surface area contributed by atoms with Crippen LogP contribution in [0.1, 0.15) is 17.5 Å². The van der Waals surface area contributed by atoms with Crippen molar-refractivity contribution in [3.8, 4) is 0 Å². The molecule has 0 aliphatic heterocycles. The third-order valence-corrected chi connectivity index (χ3v) is 3.65. The van der Waals surface area contributed by atoms with E-state index in [2.05, 4.69) is 23.8 Å². The number of carbonyl (C=O) groups is 2. The Hall–Kier alpha value is -3.14. The summed E-state index contributed by atoms with van der Waals surface area (Å²) in [5.41, 5.74) is 3.37. The highest BCUT2D eigenvalue weighted by molar-refractivity contribution is 5.99.